The number of hydrogen-bond acceptors (Lipinski definition) is 4. The summed E-state index contributed by atoms with van der Waals surface area (Å²) in [5.41, 5.74) is 1.71. The average molecular weight is 278 g/mol. The molecule has 0 N–H and O–H groups in total. The maximum Gasteiger partial charge on any atom is 0.310 e. The van der Waals surface area contributed by atoms with Crippen LogP contribution >= 0.6 is 0 Å². The van der Waals surface area contributed by atoms with Gasteiger partial charge in [-0.2, -0.15) is 0 Å². The van der Waals surface area contributed by atoms with Crippen LogP contribution in [0.2, 0.25) is 0 Å². The monoisotopic (exact) mass is 278 g/mol. The standard InChI is InChI=1S/C16H22O4/c1-3-8-19-15(17)11-13-6-5-7-14(10-13)12-16(18)20-9-4-2/h5-7,10H,3-4,8-9,11-12H2,1-2H3. The third-order valence-corrected chi connectivity index (χ3v) is 2.62. The molecule has 0 fully saturated rings. The van der Waals surface area contributed by atoms with Crippen molar-refractivity contribution >= 4 is 11.9 Å². The van der Waals surface area contributed by atoms with Crippen LogP contribution in [0, 0.1) is 0 Å². The molecule has 0 aromatic heterocycles. The summed E-state index contributed by atoms with van der Waals surface area (Å²) in [6.07, 6.45) is 2.10. The Morgan fingerprint density at radius 2 is 1.35 bits per heavy atom. The normalized spacial score (nSPS) is 10.1. The Labute approximate surface area is 120 Å². The van der Waals surface area contributed by atoms with Crippen molar-refractivity contribution in [1.29, 1.82) is 0 Å². The first kappa shape index (κ1) is 16.2. The van der Waals surface area contributed by atoms with Gasteiger partial charge in [0.15, 0.2) is 0 Å². The van der Waals surface area contributed by atoms with Gasteiger partial charge in [-0.1, -0.05) is 38.1 Å². The van der Waals surface area contributed by atoms with Gasteiger partial charge in [-0.15, -0.1) is 0 Å². The van der Waals surface area contributed by atoms with Crippen LogP contribution in [0.4, 0.5) is 0 Å². The van der Waals surface area contributed by atoms with Crippen molar-refractivity contribution in [1.82, 2.24) is 0 Å². The lowest BCUT2D eigenvalue weighted by atomic mass is 10.1. The third-order valence-electron chi connectivity index (χ3n) is 2.62. The zero-order chi connectivity index (χ0) is 14.8. The van der Waals surface area contributed by atoms with Gasteiger partial charge in [0.25, 0.3) is 0 Å². The minimum Gasteiger partial charge on any atom is -0.465 e. The zero-order valence-corrected chi connectivity index (χ0v) is 12.2. The van der Waals surface area contributed by atoms with Crippen molar-refractivity contribution in [2.24, 2.45) is 0 Å². The molecule has 0 saturated carbocycles. The Balaban J connectivity index is 2.52. The Bertz CT molecular complexity index is 403. The van der Waals surface area contributed by atoms with Gasteiger partial charge in [0.05, 0.1) is 26.1 Å². The van der Waals surface area contributed by atoms with Gasteiger partial charge in [-0.25, -0.2) is 0 Å². The molecule has 0 spiro atoms. The molecule has 0 bridgehead atoms. The highest BCUT2D eigenvalue weighted by Crippen LogP contribution is 2.08. The van der Waals surface area contributed by atoms with Crippen LogP contribution in [0.5, 0.6) is 0 Å². The first-order chi connectivity index (χ1) is 9.65. The first-order valence-electron chi connectivity index (χ1n) is 7.04. The third kappa shape index (κ3) is 6.36. The molecule has 4 nitrogen and oxygen atoms in total. The van der Waals surface area contributed by atoms with Crippen molar-refractivity contribution < 1.29 is 19.1 Å². The van der Waals surface area contributed by atoms with Crippen molar-refractivity contribution in [2.75, 3.05) is 13.2 Å². The largest absolute Gasteiger partial charge is 0.465 e. The van der Waals surface area contributed by atoms with Gasteiger partial charge in [-0.05, 0) is 24.0 Å². The van der Waals surface area contributed by atoms with Crippen molar-refractivity contribution in [3.8, 4) is 0 Å². The molecular formula is C16H22O4. The van der Waals surface area contributed by atoms with Crippen LogP contribution in [0.25, 0.3) is 0 Å². The molecule has 0 amide bonds. The quantitative estimate of drug-likeness (QED) is 0.686. The molecule has 0 unspecified atom stereocenters. The van der Waals surface area contributed by atoms with Gasteiger partial charge in [0.2, 0.25) is 0 Å². The van der Waals surface area contributed by atoms with E-state index in [4.69, 9.17) is 9.47 Å². The molecule has 0 atom stereocenters. The molecule has 0 radical (unpaired) electrons. The summed E-state index contributed by atoms with van der Waals surface area (Å²) in [5, 5.41) is 0. The summed E-state index contributed by atoms with van der Waals surface area (Å²) in [6.45, 7) is 4.80. The number of hydrogen-bond donors (Lipinski definition) is 0. The second kappa shape index (κ2) is 9.13. The highest BCUT2D eigenvalue weighted by molar-refractivity contribution is 5.74. The van der Waals surface area contributed by atoms with Crippen molar-refractivity contribution in [3.05, 3.63) is 35.4 Å². The van der Waals surface area contributed by atoms with Gasteiger partial charge in [-0.3, -0.25) is 9.59 Å². The fourth-order valence-corrected chi connectivity index (χ4v) is 1.72. The summed E-state index contributed by atoms with van der Waals surface area (Å²) in [4.78, 5) is 23.1. The first-order valence-corrected chi connectivity index (χ1v) is 7.04. The van der Waals surface area contributed by atoms with Gasteiger partial charge in [0, 0.05) is 0 Å². The minimum atomic E-state index is -0.238. The molecule has 1 rings (SSSR count). The van der Waals surface area contributed by atoms with Crippen molar-refractivity contribution in [3.63, 3.8) is 0 Å². The molecule has 1 aromatic carbocycles. The van der Waals surface area contributed by atoms with Gasteiger partial charge in [0.1, 0.15) is 0 Å². The second-order valence-corrected chi connectivity index (χ2v) is 4.61. The van der Waals surface area contributed by atoms with Crippen LogP contribution in [-0.4, -0.2) is 25.2 Å². The average Bonchev–Trinajstić information content (AvgIpc) is 2.43. The summed E-state index contributed by atoms with van der Waals surface area (Å²) >= 11 is 0. The van der Waals surface area contributed by atoms with Crippen LogP contribution in [0.1, 0.15) is 37.8 Å². The number of ether oxygens (including phenoxy) is 2. The van der Waals surface area contributed by atoms with E-state index in [1.807, 2.05) is 38.1 Å². The lowest BCUT2D eigenvalue weighted by Gasteiger charge is -2.06. The van der Waals surface area contributed by atoms with E-state index in [0.717, 1.165) is 24.0 Å². The fourth-order valence-electron chi connectivity index (χ4n) is 1.72. The van der Waals surface area contributed by atoms with Crippen LogP contribution in [0.3, 0.4) is 0 Å². The number of carbonyl (C=O) groups excluding carboxylic acids is 2. The lowest BCUT2D eigenvalue weighted by Crippen LogP contribution is -2.10. The summed E-state index contributed by atoms with van der Waals surface area (Å²) in [6, 6.07) is 7.40. The molecule has 1 aromatic rings. The lowest BCUT2D eigenvalue weighted by molar-refractivity contribution is -0.143. The number of carbonyl (C=O) groups is 2. The molecule has 0 aliphatic rings. The summed E-state index contributed by atoms with van der Waals surface area (Å²) in [5.74, 6) is -0.477. The molecule has 4 heteroatoms. The molecule has 20 heavy (non-hydrogen) atoms. The maximum absolute atomic E-state index is 11.5. The molecule has 0 heterocycles. The number of esters is 2. The molecule has 0 aliphatic heterocycles. The van der Waals surface area contributed by atoms with E-state index in [-0.39, 0.29) is 24.8 Å². The molecule has 0 aliphatic carbocycles. The zero-order valence-electron chi connectivity index (χ0n) is 12.2. The minimum absolute atomic E-state index is 0.234. The van der Waals surface area contributed by atoms with E-state index < -0.39 is 0 Å². The van der Waals surface area contributed by atoms with E-state index in [2.05, 4.69) is 0 Å². The maximum atomic E-state index is 11.5. The Morgan fingerprint density at radius 1 is 0.900 bits per heavy atom. The van der Waals surface area contributed by atoms with Gasteiger partial charge < -0.3 is 9.47 Å². The topological polar surface area (TPSA) is 52.6 Å². The molecular weight excluding hydrogens is 256 g/mol. The molecule has 0 saturated heterocycles. The highest BCUT2D eigenvalue weighted by atomic mass is 16.5. The van der Waals surface area contributed by atoms with Crippen LogP contribution < -0.4 is 0 Å². The van der Waals surface area contributed by atoms with E-state index in [0.29, 0.717) is 13.2 Å². The number of rotatable bonds is 8. The van der Waals surface area contributed by atoms with Crippen molar-refractivity contribution in [2.45, 2.75) is 39.5 Å². The Morgan fingerprint density at radius 3 is 1.75 bits per heavy atom. The smallest absolute Gasteiger partial charge is 0.310 e. The van der Waals surface area contributed by atoms with E-state index in [9.17, 15) is 9.59 Å². The summed E-state index contributed by atoms with van der Waals surface area (Å²) < 4.78 is 10.1. The van der Waals surface area contributed by atoms with Crippen LogP contribution in [0.15, 0.2) is 24.3 Å². The SMILES string of the molecule is CCCOC(=O)Cc1cccc(CC(=O)OCCC)c1. The fraction of sp³-hybridized carbons (Fsp3) is 0.500. The van der Waals surface area contributed by atoms with E-state index >= 15 is 0 Å². The van der Waals surface area contributed by atoms with Gasteiger partial charge >= 0.3 is 11.9 Å². The Hall–Kier alpha value is -1.84. The van der Waals surface area contributed by atoms with E-state index in [1.165, 1.54) is 0 Å². The summed E-state index contributed by atoms with van der Waals surface area (Å²) in [7, 11) is 0. The predicted molar refractivity (Wildman–Crippen MR) is 76.4 cm³/mol. The van der Waals surface area contributed by atoms with Crippen LogP contribution in [-0.2, 0) is 31.9 Å². The number of benzene rings is 1. The highest BCUT2D eigenvalue weighted by Gasteiger charge is 2.08. The second-order valence-electron chi connectivity index (χ2n) is 4.61. The molecule has 110 valence electrons. The van der Waals surface area contributed by atoms with E-state index in [1.54, 1.807) is 0 Å². The Kier molecular flexibility index (Phi) is 7.40. The predicted octanol–water partition coefficient (Wildman–Crippen LogP) is 2.68.